The molecule has 1 aromatic heterocycles. The molecule has 0 amide bonds. The van der Waals surface area contributed by atoms with E-state index in [1.165, 1.54) is 18.2 Å². The van der Waals surface area contributed by atoms with Gasteiger partial charge in [-0.3, -0.25) is 10.1 Å². The van der Waals surface area contributed by atoms with Crippen LogP contribution in [0.25, 0.3) is 0 Å². The molecule has 0 N–H and O–H groups in total. The van der Waals surface area contributed by atoms with Crippen LogP contribution in [-0.4, -0.2) is 26.6 Å². The molecule has 8 heteroatoms. The average Bonchev–Trinajstić information content (AvgIpc) is 2.82. The molecule has 0 radical (unpaired) electrons. The van der Waals surface area contributed by atoms with Crippen molar-refractivity contribution in [3.05, 3.63) is 52.0 Å². The summed E-state index contributed by atoms with van der Waals surface area (Å²) in [4.78, 5) is 11.8. The lowest BCUT2D eigenvalue weighted by Crippen LogP contribution is -2.17. The predicted octanol–water partition coefficient (Wildman–Crippen LogP) is 2.54. The minimum absolute atomic E-state index is 0.286. The molecule has 0 bridgehead atoms. The largest absolute Gasteiger partial charge is 0.469 e. The summed E-state index contributed by atoms with van der Waals surface area (Å²) in [7, 11) is -1.91. The van der Waals surface area contributed by atoms with Crippen LogP contribution in [0.15, 0.2) is 39.8 Å². The molecule has 1 aromatic carbocycles. The van der Waals surface area contributed by atoms with Crippen molar-refractivity contribution in [2.24, 2.45) is 0 Å². The Kier molecular flexibility index (Phi) is 4.23. The Balaban J connectivity index is 2.40. The number of rotatable bonds is 5. The highest BCUT2D eigenvalue weighted by Gasteiger charge is 2.23. The summed E-state index contributed by atoms with van der Waals surface area (Å²) >= 11 is 0. The zero-order valence-electron chi connectivity index (χ0n) is 12.4. The smallest absolute Gasteiger partial charge is 0.288 e. The van der Waals surface area contributed by atoms with Crippen molar-refractivity contribution in [3.8, 4) is 0 Å². The number of aryl methyl sites for hydroxylation is 1. The maximum atomic E-state index is 11.8. The first kappa shape index (κ1) is 16.0. The summed E-state index contributed by atoms with van der Waals surface area (Å²) in [6, 6.07) is 5.89. The van der Waals surface area contributed by atoms with Gasteiger partial charge in [0.1, 0.15) is 10.7 Å². The molecule has 2 rings (SSSR count). The molecule has 22 heavy (non-hydrogen) atoms. The minimum atomic E-state index is -3.69. The van der Waals surface area contributed by atoms with Crippen LogP contribution in [0, 0.1) is 17.0 Å². The Morgan fingerprint density at radius 2 is 2.00 bits per heavy atom. The molecule has 2 aromatic rings. The summed E-state index contributed by atoms with van der Waals surface area (Å²) in [6.07, 6.45) is 2.54. The molecule has 0 unspecified atom stereocenters. The van der Waals surface area contributed by atoms with E-state index in [-0.39, 0.29) is 4.90 Å². The Morgan fingerprint density at radius 1 is 1.32 bits per heavy atom. The van der Waals surface area contributed by atoms with Crippen molar-refractivity contribution in [1.29, 1.82) is 0 Å². The van der Waals surface area contributed by atoms with E-state index in [1.54, 1.807) is 18.2 Å². The van der Waals surface area contributed by atoms with Gasteiger partial charge in [-0.1, -0.05) is 0 Å². The zero-order chi connectivity index (χ0) is 16.5. The van der Waals surface area contributed by atoms with Crippen molar-refractivity contribution < 1.29 is 17.8 Å². The number of benzene rings is 1. The first-order valence-electron chi connectivity index (χ1n) is 6.42. The molecule has 118 valence electrons. The van der Waals surface area contributed by atoms with Crippen molar-refractivity contribution >= 4 is 21.2 Å². The van der Waals surface area contributed by atoms with E-state index in [1.807, 2.05) is 13.0 Å². The van der Waals surface area contributed by atoms with Gasteiger partial charge < -0.3 is 9.32 Å². The first-order chi connectivity index (χ1) is 10.2. The lowest BCUT2D eigenvalue weighted by Gasteiger charge is -2.19. The van der Waals surface area contributed by atoms with E-state index < -0.39 is 20.4 Å². The minimum Gasteiger partial charge on any atom is -0.469 e. The van der Waals surface area contributed by atoms with Gasteiger partial charge >= 0.3 is 0 Å². The van der Waals surface area contributed by atoms with Gasteiger partial charge in [-0.25, -0.2) is 8.42 Å². The molecule has 0 saturated heterocycles. The molecule has 0 atom stereocenters. The molecule has 0 aliphatic rings. The maximum Gasteiger partial charge on any atom is 0.288 e. The van der Waals surface area contributed by atoms with E-state index in [0.717, 1.165) is 17.6 Å². The van der Waals surface area contributed by atoms with Gasteiger partial charge in [0.25, 0.3) is 5.69 Å². The van der Waals surface area contributed by atoms with E-state index in [2.05, 4.69) is 0 Å². The van der Waals surface area contributed by atoms with Gasteiger partial charge in [-0.05, 0) is 25.1 Å². The topological polar surface area (TPSA) is 93.7 Å². The SMILES string of the molecule is Cc1occc1CN(C)c1ccc([N+](=O)[O-])c(S(C)(=O)=O)c1. The number of hydrogen-bond acceptors (Lipinski definition) is 6. The monoisotopic (exact) mass is 324 g/mol. The number of hydrogen-bond donors (Lipinski definition) is 0. The number of anilines is 1. The van der Waals surface area contributed by atoms with Crippen LogP contribution in [0.5, 0.6) is 0 Å². The summed E-state index contributed by atoms with van der Waals surface area (Å²) < 4.78 is 28.8. The molecule has 7 nitrogen and oxygen atoms in total. The molecule has 0 aliphatic heterocycles. The summed E-state index contributed by atoms with van der Waals surface area (Å²) in [5.74, 6) is 0.775. The lowest BCUT2D eigenvalue weighted by molar-refractivity contribution is -0.387. The number of nitro benzene ring substituents is 1. The van der Waals surface area contributed by atoms with Crippen LogP contribution < -0.4 is 4.90 Å². The molecule has 0 aliphatic carbocycles. The predicted molar refractivity (Wildman–Crippen MR) is 81.8 cm³/mol. The highest BCUT2D eigenvalue weighted by molar-refractivity contribution is 7.90. The third-order valence-electron chi connectivity index (χ3n) is 3.35. The Morgan fingerprint density at radius 3 is 2.50 bits per heavy atom. The van der Waals surface area contributed by atoms with Crippen molar-refractivity contribution in [2.45, 2.75) is 18.4 Å². The van der Waals surface area contributed by atoms with Gasteiger partial charge in [0, 0.05) is 37.2 Å². The van der Waals surface area contributed by atoms with E-state index >= 15 is 0 Å². The van der Waals surface area contributed by atoms with Crippen LogP contribution in [0.1, 0.15) is 11.3 Å². The first-order valence-corrected chi connectivity index (χ1v) is 8.32. The third-order valence-corrected chi connectivity index (χ3v) is 4.48. The summed E-state index contributed by atoms with van der Waals surface area (Å²) in [5.41, 5.74) is 1.12. The third kappa shape index (κ3) is 3.28. The van der Waals surface area contributed by atoms with Crippen molar-refractivity contribution in [3.63, 3.8) is 0 Å². The summed E-state index contributed by atoms with van der Waals surface area (Å²) in [6.45, 7) is 2.34. The second-order valence-corrected chi connectivity index (χ2v) is 7.02. The highest BCUT2D eigenvalue weighted by Crippen LogP contribution is 2.29. The maximum absolute atomic E-state index is 11.8. The van der Waals surface area contributed by atoms with Crippen LogP contribution in [-0.2, 0) is 16.4 Å². The quantitative estimate of drug-likeness (QED) is 0.619. The van der Waals surface area contributed by atoms with Crippen molar-refractivity contribution in [1.82, 2.24) is 0 Å². The molecule has 1 heterocycles. The summed E-state index contributed by atoms with van der Waals surface area (Å²) in [5, 5.41) is 11.0. The standard InChI is InChI=1S/C14H16N2O5S/c1-10-11(6-7-21-10)9-15(2)12-4-5-13(16(17)18)14(8-12)22(3,19)20/h4-8H,9H2,1-3H3. The van der Waals surface area contributed by atoms with Crippen LogP contribution >= 0.6 is 0 Å². The second-order valence-electron chi connectivity index (χ2n) is 5.04. The number of nitrogens with zero attached hydrogens (tertiary/aromatic N) is 2. The van der Waals surface area contributed by atoms with Gasteiger partial charge in [-0.2, -0.15) is 0 Å². The molecule has 0 fully saturated rings. The van der Waals surface area contributed by atoms with Gasteiger partial charge in [-0.15, -0.1) is 0 Å². The Bertz CT molecular complexity index is 810. The Hall–Kier alpha value is -2.35. The zero-order valence-corrected chi connectivity index (χ0v) is 13.3. The number of sulfone groups is 1. The molecule has 0 spiro atoms. The lowest BCUT2D eigenvalue weighted by atomic mass is 10.2. The van der Waals surface area contributed by atoms with Crippen LogP contribution in [0.4, 0.5) is 11.4 Å². The van der Waals surface area contributed by atoms with E-state index in [4.69, 9.17) is 4.42 Å². The normalized spacial score (nSPS) is 11.4. The number of furan rings is 1. The second kappa shape index (κ2) is 5.80. The number of nitro groups is 1. The average molecular weight is 324 g/mol. The Labute approximate surface area is 128 Å². The highest BCUT2D eigenvalue weighted by atomic mass is 32.2. The van der Waals surface area contributed by atoms with E-state index in [0.29, 0.717) is 12.2 Å². The fourth-order valence-electron chi connectivity index (χ4n) is 2.11. The molecule has 0 saturated carbocycles. The van der Waals surface area contributed by atoms with Gasteiger partial charge in [0.2, 0.25) is 0 Å². The fraction of sp³-hybridized carbons (Fsp3) is 0.286. The van der Waals surface area contributed by atoms with Gasteiger partial charge in [0.05, 0.1) is 11.2 Å². The van der Waals surface area contributed by atoms with Crippen molar-refractivity contribution in [2.75, 3.05) is 18.2 Å². The fourth-order valence-corrected chi connectivity index (χ4v) is 2.97. The van der Waals surface area contributed by atoms with Crippen LogP contribution in [0.3, 0.4) is 0 Å². The van der Waals surface area contributed by atoms with Gasteiger partial charge in [0.15, 0.2) is 9.84 Å². The van der Waals surface area contributed by atoms with E-state index in [9.17, 15) is 18.5 Å². The molecular formula is C14H16N2O5S. The van der Waals surface area contributed by atoms with Crippen LogP contribution in [0.2, 0.25) is 0 Å². The molecular weight excluding hydrogens is 308 g/mol.